The number of nitrogens with one attached hydrogen (secondary N) is 2. The molecule has 4 rings (SSSR count). The Morgan fingerprint density at radius 3 is 2.71 bits per heavy atom. The van der Waals surface area contributed by atoms with Crippen molar-refractivity contribution in [1.82, 2.24) is 15.5 Å². The van der Waals surface area contributed by atoms with E-state index in [0.717, 1.165) is 31.2 Å². The lowest BCUT2D eigenvalue weighted by Gasteiger charge is -2.34. The van der Waals surface area contributed by atoms with E-state index in [1.807, 2.05) is 12.1 Å². The van der Waals surface area contributed by atoms with Crippen LogP contribution in [0.4, 0.5) is 0 Å². The van der Waals surface area contributed by atoms with Gasteiger partial charge < -0.3 is 20.1 Å². The van der Waals surface area contributed by atoms with Gasteiger partial charge in [-0.05, 0) is 63.3 Å². The predicted octanol–water partition coefficient (Wildman–Crippen LogP) is 1.50. The van der Waals surface area contributed by atoms with Gasteiger partial charge in [0.1, 0.15) is 17.9 Å². The van der Waals surface area contributed by atoms with Gasteiger partial charge in [-0.25, -0.2) is 0 Å². The first-order valence-electron chi connectivity index (χ1n) is 11.1. The number of carbonyl (C=O) groups is 3. The third-order valence-corrected chi connectivity index (χ3v) is 6.28. The van der Waals surface area contributed by atoms with Crippen molar-refractivity contribution in [2.45, 2.75) is 82.7 Å². The van der Waals surface area contributed by atoms with Crippen molar-refractivity contribution in [2.75, 3.05) is 6.54 Å². The number of benzene rings is 1. The Labute approximate surface area is 182 Å². The average molecular weight is 430 g/mol. The molecule has 31 heavy (non-hydrogen) atoms. The third kappa shape index (κ3) is 4.91. The summed E-state index contributed by atoms with van der Waals surface area (Å²) in [5.74, 6) is -0.171. The molecule has 0 spiro atoms. The Bertz CT molecular complexity index is 878. The van der Waals surface area contributed by atoms with Crippen LogP contribution in [0, 0.1) is 0 Å². The molecule has 1 aromatic rings. The molecular formula is C23H31N3O5. The van der Waals surface area contributed by atoms with E-state index in [1.54, 1.807) is 24.8 Å². The highest BCUT2D eigenvalue weighted by atomic mass is 16.5. The van der Waals surface area contributed by atoms with Crippen LogP contribution >= 0.6 is 0 Å². The Balaban J connectivity index is 1.44. The number of fused-ring (bicyclic) bond motifs is 1. The summed E-state index contributed by atoms with van der Waals surface area (Å²) in [7, 11) is 0. The zero-order valence-corrected chi connectivity index (χ0v) is 18.1. The smallest absolute Gasteiger partial charge is 0.255 e. The van der Waals surface area contributed by atoms with Crippen molar-refractivity contribution < 1.29 is 24.2 Å². The molecule has 1 saturated carbocycles. The van der Waals surface area contributed by atoms with E-state index in [4.69, 9.17) is 4.74 Å². The van der Waals surface area contributed by atoms with Crippen molar-refractivity contribution in [3.8, 4) is 5.75 Å². The molecule has 2 aliphatic heterocycles. The Hall–Kier alpha value is -2.45. The van der Waals surface area contributed by atoms with Crippen LogP contribution < -0.4 is 15.4 Å². The minimum absolute atomic E-state index is 0.00232. The van der Waals surface area contributed by atoms with Gasteiger partial charge in [0.25, 0.3) is 5.91 Å². The summed E-state index contributed by atoms with van der Waals surface area (Å²) in [5, 5.41) is 15.8. The molecule has 0 bridgehead atoms. The van der Waals surface area contributed by atoms with Crippen LogP contribution in [0.5, 0.6) is 5.75 Å². The summed E-state index contributed by atoms with van der Waals surface area (Å²) < 4.78 is 6.31. The molecule has 1 unspecified atom stereocenters. The van der Waals surface area contributed by atoms with Crippen molar-refractivity contribution in [1.29, 1.82) is 0 Å². The summed E-state index contributed by atoms with van der Waals surface area (Å²) in [4.78, 5) is 38.0. The fourth-order valence-corrected chi connectivity index (χ4v) is 4.65. The lowest BCUT2D eigenvalue weighted by molar-refractivity contribution is -0.136. The average Bonchev–Trinajstić information content (AvgIpc) is 3.02. The number of amides is 3. The van der Waals surface area contributed by atoms with E-state index >= 15 is 0 Å². The van der Waals surface area contributed by atoms with Crippen LogP contribution in [0.15, 0.2) is 18.2 Å². The molecule has 3 amide bonds. The van der Waals surface area contributed by atoms with Gasteiger partial charge in [-0.3, -0.25) is 19.7 Å². The molecule has 2 heterocycles. The van der Waals surface area contributed by atoms with Crippen LogP contribution in [-0.2, 0) is 16.1 Å². The second-order valence-corrected chi connectivity index (χ2v) is 9.46. The van der Waals surface area contributed by atoms with E-state index < -0.39 is 17.6 Å². The zero-order valence-electron chi connectivity index (χ0n) is 18.1. The van der Waals surface area contributed by atoms with E-state index in [-0.39, 0.29) is 30.4 Å². The molecule has 168 valence electrons. The van der Waals surface area contributed by atoms with Gasteiger partial charge in [-0.15, -0.1) is 0 Å². The van der Waals surface area contributed by atoms with Gasteiger partial charge in [-0.2, -0.15) is 0 Å². The molecule has 3 N–H and O–H groups in total. The van der Waals surface area contributed by atoms with Gasteiger partial charge in [0, 0.05) is 31.1 Å². The first-order chi connectivity index (χ1) is 14.7. The largest absolute Gasteiger partial charge is 0.489 e. The quantitative estimate of drug-likeness (QED) is 0.592. The zero-order chi connectivity index (χ0) is 22.2. The third-order valence-electron chi connectivity index (χ3n) is 6.28. The van der Waals surface area contributed by atoms with Gasteiger partial charge in [0.05, 0.1) is 5.60 Å². The molecule has 3 atom stereocenters. The highest BCUT2D eigenvalue weighted by Crippen LogP contribution is 2.32. The van der Waals surface area contributed by atoms with Gasteiger partial charge in [-0.1, -0.05) is 6.42 Å². The number of nitrogens with zero attached hydrogens (tertiary/aromatic N) is 1. The first-order valence-corrected chi connectivity index (χ1v) is 11.1. The van der Waals surface area contributed by atoms with E-state index in [2.05, 4.69) is 10.6 Å². The molecule has 2 fully saturated rings. The number of ether oxygens (including phenoxy) is 1. The molecule has 3 aliphatic rings. The first kappa shape index (κ1) is 21.8. The molecule has 8 nitrogen and oxygen atoms in total. The van der Waals surface area contributed by atoms with Crippen LogP contribution in [0.25, 0.3) is 0 Å². The minimum atomic E-state index is -0.782. The number of aliphatic hydroxyl groups is 1. The van der Waals surface area contributed by atoms with Crippen molar-refractivity contribution in [3.63, 3.8) is 0 Å². The van der Waals surface area contributed by atoms with Crippen molar-refractivity contribution in [2.24, 2.45) is 0 Å². The second-order valence-electron chi connectivity index (χ2n) is 9.46. The lowest BCUT2D eigenvalue weighted by Crippen LogP contribution is -2.52. The second kappa shape index (κ2) is 8.59. The van der Waals surface area contributed by atoms with Gasteiger partial charge in [0.2, 0.25) is 11.8 Å². The normalized spacial score (nSPS) is 26.6. The summed E-state index contributed by atoms with van der Waals surface area (Å²) in [6, 6.07) is 5.01. The summed E-state index contributed by atoms with van der Waals surface area (Å²) in [6.45, 7) is 4.40. The number of hydrogen-bond acceptors (Lipinski definition) is 6. The van der Waals surface area contributed by atoms with Crippen molar-refractivity contribution >= 4 is 17.7 Å². The molecule has 1 aromatic carbocycles. The Morgan fingerprint density at radius 1 is 1.19 bits per heavy atom. The maximum atomic E-state index is 12.8. The fourth-order valence-electron chi connectivity index (χ4n) is 4.65. The summed E-state index contributed by atoms with van der Waals surface area (Å²) in [6.07, 6.45) is 4.74. The van der Waals surface area contributed by atoms with E-state index in [1.165, 1.54) is 0 Å². The monoisotopic (exact) mass is 429 g/mol. The maximum absolute atomic E-state index is 12.8. The predicted molar refractivity (Wildman–Crippen MR) is 113 cm³/mol. The van der Waals surface area contributed by atoms with Crippen molar-refractivity contribution in [3.05, 3.63) is 29.3 Å². The molecule has 0 aromatic heterocycles. The Kier molecular flexibility index (Phi) is 6.03. The number of piperidine rings is 1. The highest BCUT2D eigenvalue weighted by Gasteiger charge is 2.39. The topological polar surface area (TPSA) is 108 Å². The number of carbonyl (C=O) groups excluding carboxylic acids is 3. The molecule has 1 saturated heterocycles. The standard InChI is InChI=1S/C23H31N3O5/c1-23(2,30)13-24-17-5-3-4-6-19(17)31-15-7-8-16-14(11-15)12-26(22(16)29)18-9-10-20(27)25-21(18)28/h7-8,11,17-19,24,30H,3-6,9-10,12-13H2,1-2H3,(H,25,27,28)/t17-,18?,19-/m1/s1. The van der Waals surface area contributed by atoms with Gasteiger partial charge >= 0.3 is 0 Å². The minimum Gasteiger partial charge on any atom is -0.489 e. The molecule has 0 radical (unpaired) electrons. The van der Waals surface area contributed by atoms with Crippen LogP contribution in [0.3, 0.4) is 0 Å². The van der Waals surface area contributed by atoms with Crippen LogP contribution in [-0.4, -0.2) is 58.1 Å². The molecule has 8 heteroatoms. The van der Waals surface area contributed by atoms with E-state index in [9.17, 15) is 19.5 Å². The number of rotatable bonds is 6. The van der Waals surface area contributed by atoms with Gasteiger partial charge in [0.15, 0.2) is 0 Å². The van der Waals surface area contributed by atoms with Crippen LogP contribution in [0.2, 0.25) is 0 Å². The molecule has 1 aliphatic carbocycles. The summed E-state index contributed by atoms with van der Waals surface area (Å²) >= 11 is 0. The highest BCUT2D eigenvalue weighted by molar-refractivity contribution is 6.05. The number of imide groups is 1. The Morgan fingerprint density at radius 2 is 1.97 bits per heavy atom. The molecular weight excluding hydrogens is 398 g/mol. The maximum Gasteiger partial charge on any atom is 0.255 e. The fraction of sp³-hybridized carbons (Fsp3) is 0.609. The SMILES string of the molecule is CC(C)(O)CN[C@@H]1CCCC[C@H]1Oc1ccc2c(c1)CN(C1CCC(=O)NC1=O)C2=O. The van der Waals surface area contributed by atoms with Crippen LogP contribution in [0.1, 0.15) is 68.3 Å². The van der Waals surface area contributed by atoms with E-state index in [0.29, 0.717) is 30.8 Å². The number of hydrogen-bond donors (Lipinski definition) is 3. The summed E-state index contributed by atoms with van der Waals surface area (Å²) in [5.41, 5.74) is 0.636. The lowest BCUT2D eigenvalue weighted by atomic mass is 9.91.